The van der Waals surface area contributed by atoms with E-state index >= 15 is 0 Å². The molecule has 5 atom stereocenters. The Kier molecular flexibility index (Phi) is 18.7. The lowest BCUT2D eigenvalue weighted by atomic mass is 9.87. The van der Waals surface area contributed by atoms with E-state index in [2.05, 4.69) is 153 Å². The van der Waals surface area contributed by atoms with Gasteiger partial charge in [0.05, 0.1) is 24.0 Å². The van der Waals surface area contributed by atoms with E-state index in [-0.39, 0.29) is 36.7 Å². The summed E-state index contributed by atoms with van der Waals surface area (Å²) < 4.78 is 0. The van der Waals surface area contributed by atoms with Crippen LogP contribution in [-0.4, -0.2) is 85.6 Å². The summed E-state index contributed by atoms with van der Waals surface area (Å²) in [5, 5.41) is 30.8. The summed E-state index contributed by atoms with van der Waals surface area (Å²) in [5.41, 5.74) is 9.54. The zero-order valence-corrected chi connectivity index (χ0v) is 41.3. The number of hydrogen-bond donors (Lipinski definition) is 4. The largest absolute Gasteiger partial charge is 0.342 e. The molecule has 356 valence electrons. The summed E-state index contributed by atoms with van der Waals surface area (Å²) in [6, 6.07) is 39.8. The van der Waals surface area contributed by atoms with Crippen molar-refractivity contribution >= 4 is 11.8 Å². The maximum atomic E-state index is 12.8. The molecular weight excluding hydrogens is 829 g/mol. The molecule has 4 N–H and O–H groups in total. The third-order valence-electron chi connectivity index (χ3n) is 14.5. The number of nitriles is 2. The zero-order chi connectivity index (χ0) is 47.9. The first-order valence-electron chi connectivity index (χ1n) is 24.8. The summed E-state index contributed by atoms with van der Waals surface area (Å²) in [6.07, 6.45) is 8.99. The van der Waals surface area contributed by atoms with Gasteiger partial charge >= 0.3 is 0 Å². The number of amides is 2. The Morgan fingerprint density at radius 3 is 1.84 bits per heavy atom. The molecule has 2 amide bonds. The molecule has 0 aromatic heterocycles. The number of likely N-dealkylation sites (tertiary alicyclic amines) is 1. The van der Waals surface area contributed by atoms with Crippen molar-refractivity contribution in [1.29, 1.82) is 10.5 Å². The first kappa shape index (κ1) is 51.0. The lowest BCUT2D eigenvalue weighted by molar-refractivity contribution is -0.123. The smallest absolute Gasteiger partial charge is 0.228 e. The molecule has 0 saturated carbocycles. The molecule has 3 heterocycles. The van der Waals surface area contributed by atoms with Crippen molar-refractivity contribution < 1.29 is 9.59 Å². The van der Waals surface area contributed by atoms with E-state index in [0.717, 1.165) is 72.9 Å². The van der Waals surface area contributed by atoms with E-state index in [0.29, 0.717) is 29.5 Å². The fraction of sp³-hybridized carbons (Fsp3) is 0.509. The molecule has 0 radical (unpaired) electrons. The average Bonchev–Trinajstić information content (AvgIpc) is 3.48. The number of carbonyl (C=O) groups excluding carboxylic acids is 2. The summed E-state index contributed by atoms with van der Waals surface area (Å²) >= 11 is 0. The molecule has 10 heteroatoms. The van der Waals surface area contributed by atoms with Crippen molar-refractivity contribution in [3.63, 3.8) is 0 Å². The van der Waals surface area contributed by atoms with Gasteiger partial charge in [0.1, 0.15) is 13.1 Å². The highest BCUT2D eigenvalue weighted by Gasteiger charge is 2.46. The van der Waals surface area contributed by atoms with Crippen LogP contribution in [0.4, 0.5) is 0 Å². The number of nitrogens with one attached hydrogen (secondary N) is 4. The highest BCUT2D eigenvalue weighted by molar-refractivity contribution is 5.85. The second-order valence-electron chi connectivity index (χ2n) is 20.5. The lowest BCUT2D eigenvalue weighted by Crippen LogP contribution is -2.53. The second kappa shape index (κ2) is 24.6. The number of nitrogens with zero attached hydrogens (tertiary/aromatic N) is 4. The van der Waals surface area contributed by atoms with Crippen LogP contribution in [0.3, 0.4) is 0 Å². The monoisotopic (exact) mass is 905 g/mol. The van der Waals surface area contributed by atoms with E-state index in [9.17, 15) is 9.59 Å². The van der Waals surface area contributed by atoms with Crippen LogP contribution in [-0.2, 0) is 22.7 Å². The molecule has 7 rings (SSSR count). The summed E-state index contributed by atoms with van der Waals surface area (Å²) in [4.78, 5) is 30.5. The van der Waals surface area contributed by atoms with Gasteiger partial charge in [-0.2, -0.15) is 10.5 Å². The van der Waals surface area contributed by atoms with Crippen molar-refractivity contribution in [2.24, 2.45) is 11.8 Å². The standard InChI is InChI=1S/C30H40N4O.C27H36N4O/c1-21(2)16-28(29(35)32-15-14-31)25-7-5-6-24(17-25)23-10-8-22(9-11-23)20-33-26-18-27-12-13-30(3,19-26)34(27)4;1-20(2)17-26(27(32)29-14-13-28)22-9-6-8-21(18-22)25-10-5-4-7-23(25)19-30-24-11-15-31(3)16-12-24/h5-11,17,21,26-28,33H,12-13,15-16,18-20H2,1-4H3,(H,32,35);4-10,18,20,24,26,30H,11-12,14-17,19H2,1-3H3,(H,29,32)/t26?,27?,28-,30?;26-/m11/s1. The SMILES string of the molecule is CC(C)C[C@@H](C(=O)NCC#N)c1cccc(-c2ccc(CNC3CC4CCC(C)(C3)N4C)cc2)c1.CC(C)C[C@@H](C(=O)NCC#N)c1cccc(-c2ccccc2CNC2CCN(C)CC2)c1. The highest BCUT2D eigenvalue weighted by Crippen LogP contribution is 2.42. The molecule has 3 unspecified atom stereocenters. The third-order valence-corrected chi connectivity index (χ3v) is 14.5. The van der Waals surface area contributed by atoms with Gasteiger partial charge in [-0.05, 0) is 142 Å². The van der Waals surface area contributed by atoms with Crippen LogP contribution in [0.25, 0.3) is 22.3 Å². The maximum Gasteiger partial charge on any atom is 0.228 e. The number of benzene rings is 4. The van der Waals surface area contributed by atoms with E-state index in [1.165, 1.54) is 55.2 Å². The summed E-state index contributed by atoms with van der Waals surface area (Å²) in [7, 11) is 4.48. The second-order valence-corrected chi connectivity index (χ2v) is 20.5. The van der Waals surface area contributed by atoms with E-state index in [4.69, 9.17) is 10.5 Å². The number of carbonyl (C=O) groups is 2. The fourth-order valence-corrected chi connectivity index (χ4v) is 10.5. The number of rotatable bonds is 18. The third kappa shape index (κ3) is 14.3. The van der Waals surface area contributed by atoms with Crippen molar-refractivity contribution in [1.82, 2.24) is 31.1 Å². The summed E-state index contributed by atoms with van der Waals surface area (Å²) in [6.45, 7) is 15.0. The van der Waals surface area contributed by atoms with Crippen LogP contribution >= 0.6 is 0 Å². The first-order valence-corrected chi connectivity index (χ1v) is 24.8. The van der Waals surface area contributed by atoms with Crippen LogP contribution in [0, 0.1) is 34.5 Å². The Labute approximate surface area is 401 Å². The van der Waals surface area contributed by atoms with Gasteiger partial charge in [0.25, 0.3) is 0 Å². The molecule has 3 aliphatic rings. The van der Waals surface area contributed by atoms with Crippen molar-refractivity contribution in [3.8, 4) is 34.4 Å². The van der Waals surface area contributed by atoms with Crippen LogP contribution < -0.4 is 21.3 Å². The van der Waals surface area contributed by atoms with Gasteiger partial charge in [-0.3, -0.25) is 14.5 Å². The molecule has 4 aromatic rings. The molecule has 3 fully saturated rings. The van der Waals surface area contributed by atoms with Crippen LogP contribution in [0.2, 0.25) is 0 Å². The van der Waals surface area contributed by atoms with Crippen LogP contribution in [0.1, 0.15) is 120 Å². The van der Waals surface area contributed by atoms with Gasteiger partial charge in [-0.15, -0.1) is 0 Å². The van der Waals surface area contributed by atoms with Gasteiger partial charge in [0, 0.05) is 36.8 Å². The van der Waals surface area contributed by atoms with Gasteiger partial charge < -0.3 is 26.2 Å². The maximum absolute atomic E-state index is 12.8. The van der Waals surface area contributed by atoms with Gasteiger partial charge in [-0.25, -0.2) is 0 Å². The fourth-order valence-electron chi connectivity index (χ4n) is 10.5. The summed E-state index contributed by atoms with van der Waals surface area (Å²) in [5.74, 6) is 0.101. The van der Waals surface area contributed by atoms with Crippen LogP contribution in [0.5, 0.6) is 0 Å². The molecule has 2 bridgehead atoms. The number of fused-ring (bicyclic) bond motifs is 2. The first-order chi connectivity index (χ1) is 32.3. The Morgan fingerprint density at radius 2 is 1.25 bits per heavy atom. The number of hydrogen-bond acceptors (Lipinski definition) is 8. The van der Waals surface area contributed by atoms with Gasteiger partial charge in [0.15, 0.2) is 0 Å². The molecule has 67 heavy (non-hydrogen) atoms. The van der Waals surface area contributed by atoms with Crippen molar-refractivity contribution in [2.75, 3.05) is 40.3 Å². The van der Waals surface area contributed by atoms with Gasteiger partial charge in [0.2, 0.25) is 11.8 Å². The Bertz CT molecular complexity index is 2310. The Balaban J connectivity index is 0.000000222. The van der Waals surface area contributed by atoms with Crippen molar-refractivity contribution in [2.45, 2.75) is 135 Å². The minimum absolute atomic E-state index is 0.0403. The van der Waals surface area contributed by atoms with E-state index < -0.39 is 0 Å². The highest BCUT2D eigenvalue weighted by atomic mass is 16.2. The molecule has 10 nitrogen and oxygen atoms in total. The predicted molar refractivity (Wildman–Crippen MR) is 272 cm³/mol. The quantitative estimate of drug-likeness (QED) is 0.0726. The molecular formula is C57H76N8O2. The molecule has 4 aromatic carbocycles. The van der Waals surface area contributed by atoms with Gasteiger partial charge in [-0.1, -0.05) is 125 Å². The lowest BCUT2D eigenvalue weighted by Gasteiger charge is -2.44. The number of piperidine rings is 2. The molecule has 3 aliphatic heterocycles. The Morgan fingerprint density at radius 1 is 0.687 bits per heavy atom. The minimum atomic E-state index is -0.257. The molecule has 0 spiro atoms. The predicted octanol–water partition coefficient (Wildman–Crippen LogP) is 9.53. The molecule has 0 aliphatic carbocycles. The minimum Gasteiger partial charge on any atom is -0.342 e. The van der Waals surface area contributed by atoms with E-state index in [1.54, 1.807) is 0 Å². The Hall–Kier alpha value is -5.36. The molecule has 3 saturated heterocycles. The zero-order valence-electron chi connectivity index (χ0n) is 41.3. The normalized spacial score (nSPS) is 20.6. The van der Waals surface area contributed by atoms with E-state index in [1.807, 2.05) is 36.4 Å². The van der Waals surface area contributed by atoms with Crippen LogP contribution in [0.15, 0.2) is 97.1 Å². The van der Waals surface area contributed by atoms with Crippen molar-refractivity contribution in [3.05, 3.63) is 119 Å². The topological polar surface area (TPSA) is 136 Å². The average molecular weight is 905 g/mol.